The summed E-state index contributed by atoms with van der Waals surface area (Å²) in [4.78, 5) is 15.4. The first-order chi connectivity index (χ1) is 17.9. The highest BCUT2D eigenvalue weighted by Crippen LogP contribution is 2.28. The van der Waals surface area contributed by atoms with Gasteiger partial charge in [-0.2, -0.15) is 0 Å². The number of piperazine rings is 1. The number of fused-ring (bicyclic) bond motifs is 1. The minimum absolute atomic E-state index is 0.0217. The maximum absolute atomic E-state index is 15.1. The largest absolute Gasteiger partial charge is 0.490 e. The summed E-state index contributed by atoms with van der Waals surface area (Å²) in [5, 5.41) is 3.28. The van der Waals surface area contributed by atoms with E-state index >= 15 is 4.39 Å². The SMILES string of the molecule is CCN1CCN(c2ccc(Nc3ncnc(CCOc4ccc5[nH]c(C)cc5c4F)c3F)cc2F)CC1. The van der Waals surface area contributed by atoms with E-state index in [4.69, 9.17) is 4.74 Å². The Morgan fingerprint density at radius 2 is 1.81 bits per heavy atom. The van der Waals surface area contributed by atoms with Crippen LogP contribution in [0.15, 0.2) is 42.7 Å². The second kappa shape index (κ2) is 10.7. The summed E-state index contributed by atoms with van der Waals surface area (Å²) < 4.78 is 50.3. The molecule has 0 saturated carbocycles. The molecular weight excluding hydrogens is 481 g/mol. The number of nitrogens with one attached hydrogen (secondary N) is 2. The number of nitrogens with zero attached hydrogens (tertiary/aromatic N) is 4. The fourth-order valence-corrected chi connectivity index (χ4v) is 4.61. The first kappa shape index (κ1) is 24.9. The minimum atomic E-state index is -0.663. The molecule has 7 nitrogen and oxygen atoms in total. The van der Waals surface area contributed by atoms with E-state index in [1.54, 1.807) is 30.3 Å². The molecule has 194 valence electrons. The number of rotatable bonds is 8. The van der Waals surface area contributed by atoms with Gasteiger partial charge in [0, 0.05) is 54.9 Å². The Balaban J connectivity index is 1.23. The third-order valence-electron chi connectivity index (χ3n) is 6.67. The van der Waals surface area contributed by atoms with Gasteiger partial charge in [0.15, 0.2) is 23.2 Å². The van der Waals surface area contributed by atoms with Gasteiger partial charge in [0.1, 0.15) is 12.1 Å². The number of aromatic amines is 1. The van der Waals surface area contributed by atoms with Crippen LogP contribution in [-0.4, -0.2) is 59.2 Å². The standard InChI is InChI=1S/C27H29F3N6O/c1-3-35-9-11-36(12-10-35)23-6-4-18(15-20(23)28)34-27-26(30)22(31-16-32-27)8-13-37-24-7-5-21-19(25(24)29)14-17(2)33-21/h4-7,14-16,33H,3,8-13H2,1-2H3,(H,31,32,34). The highest BCUT2D eigenvalue weighted by molar-refractivity contribution is 5.82. The average molecular weight is 511 g/mol. The lowest BCUT2D eigenvalue weighted by Crippen LogP contribution is -2.46. The zero-order valence-corrected chi connectivity index (χ0v) is 20.8. The van der Waals surface area contributed by atoms with E-state index < -0.39 is 11.6 Å². The van der Waals surface area contributed by atoms with Crippen molar-refractivity contribution in [3.63, 3.8) is 0 Å². The topological polar surface area (TPSA) is 69.3 Å². The molecule has 2 aromatic carbocycles. The van der Waals surface area contributed by atoms with Crippen molar-refractivity contribution in [2.24, 2.45) is 0 Å². The van der Waals surface area contributed by atoms with Gasteiger partial charge < -0.3 is 24.8 Å². The van der Waals surface area contributed by atoms with E-state index in [0.717, 1.165) is 38.4 Å². The maximum Gasteiger partial charge on any atom is 0.187 e. The highest BCUT2D eigenvalue weighted by Gasteiger charge is 2.19. The van der Waals surface area contributed by atoms with Crippen molar-refractivity contribution < 1.29 is 17.9 Å². The van der Waals surface area contributed by atoms with Crippen molar-refractivity contribution in [1.82, 2.24) is 19.9 Å². The summed E-state index contributed by atoms with van der Waals surface area (Å²) in [6.07, 6.45) is 1.33. The average Bonchev–Trinajstić information content (AvgIpc) is 3.29. The van der Waals surface area contributed by atoms with Crippen molar-refractivity contribution in [2.75, 3.05) is 49.5 Å². The van der Waals surface area contributed by atoms with Gasteiger partial charge in [0.25, 0.3) is 0 Å². The molecule has 10 heteroatoms. The third kappa shape index (κ3) is 5.34. The van der Waals surface area contributed by atoms with Crippen LogP contribution in [0.3, 0.4) is 0 Å². The zero-order valence-electron chi connectivity index (χ0n) is 20.8. The number of anilines is 3. The van der Waals surface area contributed by atoms with Gasteiger partial charge in [-0.05, 0) is 49.9 Å². The molecule has 1 saturated heterocycles. The summed E-state index contributed by atoms with van der Waals surface area (Å²) in [7, 11) is 0. The third-order valence-corrected chi connectivity index (χ3v) is 6.67. The molecule has 0 spiro atoms. The Morgan fingerprint density at radius 3 is 2.57 bits per heavy atom. The first-order valence-electron chi connectivity index (χ1n) is 12.4. The molecule has 1 aliphatic rings. The highest BCUT2D eigenvalue weighted by atomic mass is 19.1. The molecule has 37 heavy (non-hydrogen) atoms. The number of aromatic nitrogens is 3. The number of likely N-dealkylation sites (N-methyl/N-ethyl adjacent to an activating group) is 1. The van der Waals surface area contributed by atoms with Crippen LogP contribution in [0.5, 0.6) is 5.75 Å². The van der Waals surface area contributed by atoms with E-state index in [0.29, 0.717) is 22.3 Å². The maximum atomic E-state index is 15.1. The van der Waals surface area contributed by atoms with Gasteiger partial charge >= 0.3 is 0 Å². The predicted molar refractivity (Wildman–Crippen MR) is 138 cm³/mol. The van der Waals surface area contributed by atoms with E-state index in [1.165, 1.54) is 12.4 Å². The lowest BCUT2D eigenvalue weighted by Gasteiger charge is -2.35. The molecule has 5 rings (SSSR count). The van der Waals surface area contributed by atoms with Crippen LogP contribution in [0.1, 0.15) is 18.3 Å². The van der Waals surface area contributed by atoms with Gasteiger partial charge in [0.2, 0.25) is 0 Å². The number of aryl methyl sites for hydroxylation is 1. The van der Waals surface area contributed by atoms with Crippen LogP contribution in [0.25, 0.3) is 10.9 Å². The van der Waals surface area contributed by atoms with Crippen molar-refractivity contribution in [1.29, 1.82) is 0 Å². The molecule has 0 amide bonds. The Hall–Kier alpha value is -3.79. The Morgan fingerprint density at radius 1 is 1.00 bits per heavy atom. The predicted octanol–water partition coefficient (Wildman–Crippen LogP) is 5.19. The van der Waals surface area contributed by atoms with Gasteiger partial charge in [0.05, 0.1) is 18.0 Å². The Bertz CT molecular complexity index is 1400. The molecule has 1 fully saturated rings. The number of benzene rings is 2. The van der Waals surface area contributed by atoms with Crippen molar-refractivity contribution >= 4 is 28.1 Å². The van der Waals surface area contributed by atoms with Crippen molar-refractivity contribution in [3.8, 4) is 5.75 Å². The fourth-order valence-electron chi connectivity index (χ4n) is 4.61. The molecule has 2 aromatic heterocycles. The summed E-state index contributed by atoms with van der Waals surface area (Å²) in [5.74, 6) is -1.49. The van der Waals surface area contributed by atoms with Crippen LogP contribution < -0.4 is 15.0 Å². The molecule has 0 bridgehead atoms. The van der Waals surface area contributed by atoms with Crippen LogP contribution in [0, 0.1) is 24.4 Å². The van der Waals surface area contributed by atoms with Crippen molar-refractivity contribution in [2.45, 2.75) is 20.3 Å². The molecule has 4 aromatic rings. The molecule has 0 unspecified atom stereocenters. The number of hydrogen-bond acceptors (Lipinski definition) is 6. The van der Waals surface area contributed by atoms with E-state index in [2.05, 4.69) is 32.1 Å². The van der Waals surface area contributed by atoms with E-state index in [-0.39, 0.29) is 36.1 Å². The summed E-state index contributed by atoms with van der Waals surface area (Å²) in [5.41, 5.74) is 2.55. The number of halogens is 3. The fraction of sp³-hybridized carbons (Fsp3) is 0.333. The second-order valence-corrected chi connectivity index (χ2v) is 9.09. The van der Waals surface area contributed by atoms with Gasteiger partial charge in [-0.25, -0.2) is 23.1 Å². The molecular formula is C27H29F3N6O. The van der Waals surface area contributed by atoms with Gasteiger partial charge in [-0.1, -0.05) is 6.92 Å². The Kier molecular flexibility index (Phi) is 7.18. The van der Waals surface area contributed by atoms with Crippen molar-refractivity contribution in [3.05, 3.63) is 71.6 Å². The summed E-state index contributed by atoms with van der Waals surface area (Å²) in [6.45, 7) is 8.26. The van der Waals surface area contributed by atoms with Crippen LogP contribution in [-0.2, 0) is 6.42 Å². The Labute approximate surface area is 213 Å². The summed E-state index contributed by atoms with van der Waals surface area (Å²) in [6, 6.07) is 9.73. The van der Waals surface area contributed by atoms with Gasteiger partial charge in [-0.3, -0.25) is 0 Å². The smallest absolute Gasteiger partial charge is 0.187 e. The normalized spacial score (nSPS) is 14.4. The molecule has 3 heterocycles. The number of hydrogen-bond donors (Lipinski definition) is 2. The van der Waals surface area contributed by atoms with Crippen LogP contribution in [0.2, 0.25) is 0 Å². The molecule has 1 aliphatic heterocycles. The quantitative estimate of drug-likeness (QED) is 0.340. The minimum Gasteiger partial charge on any atom is -0.490 e. The number of H-pyrrole nitrogens is 1. The van der Waals surface area contributed by atoms with Crippen LogP contribution >= 0.6 is 0 Å². The first-order valence-corrected chi connectivity index (χ1v) is 12.4. The zero-order chi connectivity index (χ0) is 25.9. The van der Waals surface area contributed by atoms with Crippen LogP contribution in [0.4, 0.5) is 30.4 Å². The lowest BCUT2D eigenvalue weighted by atomic mass is 10.2. The lowest BCUT2D eigenvalue weighted by molar-refractivity contribution is 0.270. The molecule has 0 atom stereocenters. The van der Waals surface area contributed by atoms with Gasteiger partial charge in [-0.15, -0.1) is 0 Å². The molecule has 0 radical (unpaired) electrons. The van der Waals surface area contributed by atoms with E-state index in [1.807, 2.05) is 11.8 Å². The van der Waals surface area contributed by atoms with E-state index in [9.17, 15) is 8.78 Å². The molecule has 2 N–H and O–H groups in total. The molecule has 0 aliphatic carbocycles. The second-order valence-electron chi connectivity index (χ2n) is 9.09. The number of ether oxygens (including phenoxy) is 1. The monoisotopic (exact) mass is 510 g/mol. The summed E-state index contributed by atoms with van der Waals surface area (Å²) >= 11 is 0.